The molecular weight excluding hydrogens is 324 g/mol. The number of carbonyl (C=O) groups excluding carboxylic acids is 1. The Morgan fingerprint density at radius 1 is 1.33 bits per heavy atom. The summed E-state index contributed by atoms with van der Waals surface area (Å²) in [5.74, 6) is 1.60. The zero-order chi connectivity index (χ0) is 17.0. The third kappa shape index (κ3) is 3.49. The van der Waals surface area contributed by atoms with E-state index in [1.165, 1.54) is 0 Å². The predicted molar refractivity (Wildman–Crippen MR) is 94.4 cm³/mol. The largest absolute Gasteiger partial charge is 0.460 e. The fourth-order valence-corrected chi connectivity index (χ4v) is 3.98. The molecule has 1 aliphatic rings. The van der Waals surface area contributed by atoms with Gasteiger partial charge in [-0.15, -0.1) is 0 Å². The summed E-state index contributed by atoms with van der Waals surface area (Å²) in [7, 11) is 1.68. The highest BCUT2D eigenvalue weighted by Crippen LogP contribution is 2.38. The van der Waals surface area contributed by atoms with E-state index in [4.69, 9.17) is 9.47 Å². The molecule has 0 amide bonds. The molecule has 2 aromatic rings. The Hall–Kier alpha value is -1.79. The third-order valence-electron chi connectivity index (χ3n) is 4.35. The maximum Gasteiger partial charge on any atom is 0.356 e. The fourth-order valence-electron chi connectivity index (χ4n) is 2.86. The number of thioether (sulfide) groups is 1. The number of imidazole rings is 1. The van der Waals surface area contributed by atoms with E-state index >= 15 is 0 Å². The molecule has 2 heterocycles. The molecule has 0 aliphatic carbocycles. The van der Waals surface area contributed by atoms with Crippen molar-refractivity contribution in [2.24, 2.45) is 5.41 Å². The lowest BCUT2D eigenvalue weighted by atomic mass is 9.94. The Morgan fingerprint density at radius 2 is 2.08 bits per heavy atom. The van der Waals surface area contributed by atoms with Gasteiger partial charge in [0.2, 0.25) is 0 Å². The Balaban J connectivity index is 1.69. The second-order valence-electron chi connectivity index (χ2n) is 6.27. The molecule has 5 nitrogen and oxygen atoms in total. The second-order valence-corrected chi connectivity index (χ2v) is 7.26. The van der Waals surface area contributed by atoms with Gasteiger partial charge in [-0.05, 0) is 12.5 Å². The average molecular weight is 346 g/mol. The number of ether oxygens (including phenoxy) is 2. The van der Waals surface area contributed by atoms with Crippen molar-refractivity contribution in [2.45, 2.75) is 13.0 Å². The van der Waals surface area contributed by atoms with Crippen LogP contribution in [0.4, 0.5) is 0 Å². The maximum absolute atomic E-state index is 12.5. The van der Waals surface area contributed by atoms with Crippen LogP contribution in [0.2, 0.25) is 0 Å². The van der Waals surface area contributed by atoms with Gasteiger partial charge < -0.3 is 14.0 Å². The normalized spacial score (nSPS) is 17.1. The molecule has 128 valence electrons. The molecule has 0 bridgehead atoms. The van der Waals surface area contributed by atoms with E-state index in [1.54, 1.807) is 19.6 Å². The molecule has 6 heteroatoms. The summed E-state index contributed by atoms with van der Waals surface area (Å²) in [6.07, 6.45) is 3.25. The number of aromatic nitrogens is 2. The van der Waals surface area contributed by atoms with Crippen molar-refractivity contribution in [3.8, 4) is 0 Å². The Bertz CT molecular complexity index is 683. The van der Waals surface area contributed by atoms with E-state index in [0.717, 1.165) is 17.1 Å². The fraction of sp³-hybridized carbons (Fsp3) is 0.444. The van der Waals surface area contributed by atoms with Crippen molar-refractivity contribution in [2.75, 3.05) is 31.8 Å². The lowest BCUT2D eigenvalue weighted by molar-refractivity contribution is 0.0123. The molecule has 0 radical (unpaired) electrons. The minimum absolute atomic E-state index is 0.0171. The van der Waals surface area contributed by atoms with Gasteiger partial charge in [-0.3, -0.25) is 0 Å². The van der Waals surface area contributed by atoms with Crippen LogP contribution in [0.1, 0.15) is 29.0 Å². The smallest absolute Gasteiger partial charge is 0.356 e. The number of hydrogen-bond acceptors (Lipinski definition) is 5. The molecule has 0 spiro atoms. The standard InChI is InChI=1S/C18H22N2O3S/c1-14(15-6-4-3-5-7-15)20-13-19-8-16(20)17(21)23-10-18(9-22-2)11-24-12-18/h3-8,13-14H,9-12H2,1-2H3/t14-/m1/s1. The van der Waals surface area contributed by atoms with E-state index < -0.39 is 0 Å². The van der Waals surface area contributed by atoms with Crippen LogP contribution in [0.5, 0.6) is 0 Å². The van der Waals surface area contributed by atoms with Gasteiger partial charge in [0, 0.05) is 24.0 Å². The zero-order valence-corrected chi connectivity index (χ0v) is 14.8. The molecule has 1 saturated heterocycles. The SMILES string of the molecule is COCC1(COC(=O)c2cncn2[C@H](C)c2ccccc2)CSC1. The van der Waals surface area contributed by atoms with Gasteiger partial charge in [0.05, 0.1) is 25.2 Å². The zero-order valence-electron chi connectivity index (χ0n) is 14.0. The van der Waals surface area contributed by atoms with Gasteiger partial charge in [-0.25, -0.2) is 9.78 Å². The van der Waals surface area contributed by atoms with Gasteiger partial charge in [-0.2, -0.15) is 11.8 Å². The van der Waals surface area contributed by atoms with Crippen LogP contribution in [0, 0.1) is 5.41 Å². The number of esters is 1. The Kier molecular flexibility index (Phi) is 5.26. The summed E-state index contributed by atoms with van der Waals surface area (Å²) < 4.78 is 12.7. The first-order valence-corrected chi connectivity index (χ1v) is 9.11. The summed E-state index contributed by atoms with van der Waals surface area (Å²) in [6.45, 7) is 3.05. The number of hydrogen-bond donors (Lipinski definition) is 0. The van der Waals surface area contributed by atoms with Gasteiger partial charge in [-0.1, -0.05) is 30.3 Å². The summed E-state index contributed by atoms with van der Waals surface area (Å²) in [5, 5.41) is 0. The van der Waals surface area contributed by atoms with Crippen LogP contribution in [-0.4, -0.2) is 47.3 Å². The first-order chi connectivity index (χ1) is 11.7. The minimum atomic E-state index is -0.331. The molecule has 1 aromatic carbocycles. The summed E-state index contributed by atoms with van der Waals surface area (Å²) in [4.78, 5) is 16.7. The van der Waals surface area contributed by atoms with Gasteiger partial charge in [0.15, 0.2) is 0 Å². The number of rotatable bonds is 7. The van der Waals surface area contributed by atoms with Crippen molar-refractivity contribution in [1.29, 1.82) is 0 Å². The van der Waals surface area contributed by atoms with Gasteiger partial charge in [0.25, 0.3) is 0 Å². The van der Waals surface area contributed by atoms with Crippen molar-refractivity contribution in [3.63, 3.8) is 0 Å². The molecule has 0 saturated carbocycles. The Labute approximate surface area is 146 Å². The molecule has 0 N–H and O–H groups in total. The van der Waals surface area contributed by atoms with Crippen molar-refractivity contribution in [3.05, 3.63) is 54.1 Å². The van der Waals surface area contributed by atoms with Crippen LogP contribution in [0.15, 0.2) is 42.9 Å². The predicted octanol–water partition coefficient (Wildman–Crippen LogP) is 3.03. The highest BCUT2D eigenvalue weighted by Gasteiger charge is 2.39. The highest BCUT2D eigenvalue weighted by atomic mass is 32.2. The quantitative estimate of drug-likeness (QED) is 0.721. The average Bonchev–Trinajstić information content (AvgIpc) is 3.06. The Morgan fingerprint density at radius 3 is 2.71 bits per heavy atom. The second kappa shape index (κ2) is 7.40. The molecule has 1 fully saturated rings. The number of benzene rings is 1. The third-order valence-corrected chi connectivity index (χ3v) is 5.98. The summed E-state index contributed by atoms with van der Waals surface area (Å²) in [6, 6.07) is 10.1. The van der Waals surface area contributed by atoms with Gasteiger partial charge in [0.1, 0.15) is 12.3 Å². The van der Waals surface area contributed by atoms with Crippen LogP contribution in [0.3, 0.4) is 0 Å². The molecule has 1 aliphatic heterocycles. The van der Waals surface area contributed by atoms with E-state index in [-0.39, 0.29) is 17.4 Å². The number of nitrogens with zero attached hydrogens (tertiary/aromatic N) is 2. The molecule has 24 heavy (non-hydrogen) atoms. The molecular formula is C18H22N2O3S. The van der Waals surface area contributed by atoms with Crippen molar-refractivity contribution >= 4 is 17.7 Å². The number of carbonyl (C=O) groups is 1. The lowest BCUT2D eigenvalue weighted by Crippen LogP contribution is -2.44. The first-order valence-electron chi connectivity index (χ1n) is 7.96. The van der Waals surface area contributed by atoms with E-state index in [9.17, 15) is 4.79 Å². The molecule has 1 aromatic heterocycles. The van der Waals surface area contributed by atoms with E-state index in [1.807, 2.05) is 53.6 Å². The first kappa shape index (κ1) is 17.0. The molecule has 0 unspecified atom stereocenters. The summed E-state index contributed by atoms with van der Waals surface area (Å²) in [5.41, 5.74) is 1.56. The minimum Gasteiger partial charge on any atom is -0.460 e. The van der Waals surface area contributed by atoms with Crippen molar-refractivity contribution in [1.82, 2.24) is 9.55 Å². The van der Waals surface area contributed by atoms with E-state index in [0.29, 0.717) is 18.9 Å². The lowest BCUT2D eigenvalue weighted by Gasteiger charge is -2.39. The van der Waals surface area contributed by atoms with Crippen LogP contribution < -0.4 is 0 Å². The van der Waals surface area contributed by atoms with Crippen LogP contribution >= 0.6 is 11.8 Å². The van der Waals surface area contributed by atoms with Crippen LogP contribution in [0.25, 0.3) is 0 Å². The van der Waals surface area contributed by atoms with E-state index in [2.05, 4.69) is 4.98 Å². The summed E-state index contributed by atoms with van der Waals surface area (Å²) >= 11 is 1.85. The monoisotopic (exact) mass is 346 g/mol. The van der Waals surface area contributed by atoms with Gasteiger partial charge >= 0.3 is 5.97 Å². The molecule has 1 atom stereocenters. The van der Waals surface area contributed by atoms with Crippen molar-refractivity contribution < 1.29 is 14.3 Å². The maximum atomic E-state index is 12.5. The topological polar surface area (TPSA) is 53.4 Å². The molecule has 3 rings (SSSR count). The number of methoxy groups -OCH3 is 1. The van der Waals surface area contributed by atoms with Crippen LogP contribution in [-0.2, 0) is 9.47 Å². The highest BCUT2D eigenvalue weighted by molar-refractivity contribution is 8.00.